The average molecular weight is 271 g/mol. The molecule has 1 aromatic carbocycles. The van der Waals surface area contributed by atoms with Crippen LogP contribution in [-0.4, -0.2) is 23.0 Å². The van der Waals surface area contributed by atoms with E-state index in [1.165, 1.54) is 5.56 Å². The van der Waals surface area contributed by atoms with Gasteiger partial charge in [0.2, 0.25) is 0 Å². The third-order valence-electron chi connectivity index (χ3n) is 2.76. The molecule has 0 aromatic heterocycles. The molecule has 2 N–H and O–H groups in total. The van der Waals surface area contributed by atoms with Crippen molar-refractivity contribution in [3.05, 3.63) is 34.9 Å². The normalized spacial score (nSPS) is 12.7. The Morgan fingerprint density at radius 2 is 2.24 bits per heavy atom. The fourth-order valence-corrected chi connectivity index (χ4v) is 1.96. The molecule has 0 amide bonds. The van der Waals surface area contributed by atoms with E-state index in [1.54, 1.807) is 0 Å². The molecule has 0 radical (unpaired) electrons. The number of rotatable bonds is 6. The van der Waals surface area contributed by atoms with Gasteiger partial charge in [-0.3, -0.25) is 4.90 Å². The zero-order valence-electron chi connectivity index (χ0n) is 10.3. The van der Waals surface area contributed by atoms with E-state index in [9.17, 15) is 0 Å². The summed E-state index contributed by atoms with van der Waals surface area (Å²) in [4.78, 5) is 2.89. The summed E-state index contributed by atoms with van der Waals surface area (Å²) in [6, 6.07) is 7.94. The van der Waals surface area contributed by atoms with E-state index in [0.29, 0.717) is 4.99 Å². The van der Waals surface area contributed by atoms with E-state index in [2.05, 4.69) is 24.8 Å². The summed E-state index contributed by atoms with van der Waals surface area (Å²) in [5.41, 5.74) is 6.86. The molecule has 2 nitrogen and oxygen atoms in total. The van der Waals surface area contributed by atoms with Crippen molar-refractivity contribution < 1.29 is 0 Å². The summed E-state index contributed by atoms with van der Waals surface area (Å²) >= 11 is 11.0. The molecule has 0 bridgehead atoms. The van der Waals surface area contributed by atoms with Crippen molar-refractivity contribution >= 4 is 28.8 Å². The smallest absolute Gasteiger partial charge is 0.0768 e. The van der Waals surface area contributed by atoms with Crippen molar-refractivity contribution in [1.82, 2.24) is 4.90 Å². The summed E-state index contributed by atoms with van der Waals surface area (Å²) in [6.45, 7) is 6.93. The average Bonchev–Trinajstić information content (AvgIpc) is 2.27. The molecule has 0 aliphatic carbocycles. The van der Waals surface area contributed by atoms with Crippen LogP contribution in [0.5, 0.6) is 0 Å². The molecule has 1 unspecified atom stereocenters. The number of nitrogens with zero attached hydrogens (tertiary/aromatic N) is 1. The Bertz CT molecular complexity index is 381. The quantitative estimate of drug-likeness (QED) is 0.806. The van der Waals surface area contributed by atoms with Crippen LogP contribution < -0.4 is 5.73 Å². The van der Waals surface area contributed by atoms with E-state index in [1.807, 2.05) is 18.2 Å². The molecule has 1 rings (SSSR count). The topological polar surface area (TPSA) is 29.3 Å². The van der Waals surface area contributed by atoms with Crippen molar-refractivity contribution in [2.24, 2.45) is 11.7 Å². The standard InChI is InChI=1S/C13H19ClN2S/c1-3-16(8-10(2)13(15)17)9-11-5-4-6-12(14)7-11/h4-7,10H,3,8-9H2,1-2H3,(H2,15,17). The maximum atomic E-state index is 5.97. The lowest BCUT2D eigenvalue weighted by Gasteiger charge is -2.23. The highest BCUT2D eigenvalue weighted by molar-refractivity contribution is 7.80. The van der Waals surface area contributed by atoms with E-state index in [0.717, 1.165) is 24.7 Å². The maximum Gasteiger partial charge on any atom is 0.0768 e. The van der Waals surface area contributed by atoms with E-state index in [4.69, 9.17) is 29.6 Å². The Balaban J connectivity index is 2.61. The van der Waals surface area contributed by atoms with Gasteiger partial charge in [-0.25, -0.2) is 0 Å². The molecule has 4 heteroatoms. The highest BCUT2D eigenvalue weighted by atomic mass is 35.5. The summed E-state index contributed by atoms with van der Waals surface area (Å²) in [5, 5.41) is 0.779. The van der Waals surface area contributed by atoms with Gasteiger partial charge in [0.05, 0.1) is 4.99 Å². The number of nitrogens with two attached hydrogens (primary N) is 1. The van der Waals surface area contributed by atoms with Gasteiger partial charge in [0.25, 0.3) is 0 Å². The SMILES string of the molecule is CCN(Cc1cccc(Cl)c1)CC(C)C(N)=S. The van der Waals surface area contributed by atoms with Gasteiger partial charge in [-0.15, -0.1) is 0 Å². The number of halogens is 1. The van der Waals surface area contributed by atoms with Crippen molar-refractivity contribution in [2.45, 2.75) is 20.4 Å². The predicted molar refractivity (Wildman–Crippen MR) is 78.4 cm³/mol. The molecule has 0 fully saturated rings. The lowest BCUT2D eigenvalue weighted by atomic mass is 10.1. The lowest BCUT2D eigenvalue weighted by Crippen LogP contribution is -2.33. The molecular formula is C13H19ClN2S. The van der Waals surface area contributed by atoms with Gasteiger partial charge >= 0.3 is 0 Å². The molecule has 1 atom stereocenters. The van der Waals surface area contributed by atoms with Gasteiger partial charge in [0.1, 0.15) is 0 Å². The minimum absolute atomic E-state index is 0.240. The minimum Gasteiger partial charge on any atom is -0.393 e. The molecule has 0 saturated carbocycles. The molecule has 0 saturated heterocycles. The monoisotopic (exact) mass is 270 g/mol. The van der Waals surface area contributed by atoms with Crippen molar-refractivity contribution in [3.63, 3.8) is 0 Å². The van der Waals surface area contributed by atoms with E-state index in [-0.39, 0.29) is 5.92 Å². The summed E-state index contributed by atoms with van der Waals surface area (Å²) in [6.07, 6.45) is 0. The van der Waals surface area contributed by atoms with Gasteiger partial charge in [0.15, 0.2) is 0 Å². The van der Waals surface area contributed by atoms with Gasteiger partial charge in [-0.2, -0.15) is 0 Å². The largest absolute Gasteiger partial charge is 0.393 e. The summed E-state index contributed by atoms with van der Waals surface area (Å²) in [5.74, 6) is 0.240. The first kappa shape index (κ1) is 14.4. The summed E-state index contributed by atoms with van der Waals surface area (Å²) in [7, 11) is 0. The zero-order valence-corrected chi connectivity index (χ0v) is 11.9. The number of hydrogen-bond acceptors (Lipinski definition) is 2. The van der Waals surface area contributed by atoms with Crippen molar-refractivity contribution in [2.75, 3.05) is 13.1 Å². The van der Waals surface area contributed by atoms with Crippen LogP contribution in [0.3, 0.4) is 0 Å². The number of benzene rings is 1. The van der Waals surface area contributed by atoms with Gasteiger partial charge in [-0.05, 0) is 24.2 Å². The molecule has 17 heavy (non-hydrogen) atoms. The van der Waals surface area contributed by atoms with Gasteiger partial charge < -0.3 is 5.73 Å². The second-order valence-electron chi connectivity index (χ2n) is 4.26. The van der Waals surface area contributed by atoms with Crippen LogP contribution in [-0.2, 0) is 6.54 Å². The fraction of sp³-hybridized carbons (Fsp3) is 0.462. The minimum atomic E-state index is 0.240. The Kier molecular flexibility index (Phi) is 5.89. The molecular weight excluding hydrogens is 252 g/mol. The van der Waals surface area contributed by atoms with Crippen molar-refractivity contribution in [1.29, 1.82) is 0 Å². The third-order valence-corrected chi connectivity index (χ3v) is 3.40. The Hall–Kier alpha value is -0.640. The first-order chi connectivity index (χ1) is 8.02. The van der Waals surface area contributed by atoms with E-state index >= 15 is 0 Å². The molecule has 94 valence electrons. The zero-order chi connectivity index (χ0) is 12.8. The van der Waals surface area contributed by atoms with E-state index < -0.39 is 0 Å². The molecule has 0 heterocycles. The Labute approximate surface area is 114 Å². The van der Waals surface area contributed by atoms with Gasteiger partial charge in [0, 0.05) is 24.0 Å². The number of hydrogen-bond donors (Lipinski definition) is 1. The van der Waals surface area contributed by atoms with Crippen molar-refractivity contribution in [3.8, 4) is 0 Å². The fourth-order valence-electron chi connectivity index (χ4n) is 1.68. The third kappa shape index (κ3) is 5.02. The first-order valence-electron chi connectivity index (χ1n) is 5.79. The molecule has 0 aliphatic rings. The van der Waals surface area contributed by atoms with Crippen LogP contribution in [0.2, 0.25) is 5.02 Å². The Morgan fingerprint density at radius 1 is 1.53 bits per heavy atom. The second kappa shape index (κ2) is 6.94. The van der Waals surface area contributed by atoms with Crippen LogP contribution >= 0.6 is 23.8 Å². The first-order valence-corrected chi connectivity index (χ1v) is 6.57. The highest BCUT2D eigenvalue weighted by Crippen LogP contribution is 2.13. The maximum absolute atomic E-state index is 5.97. The van der Waals surface area contributed by atoms with Gasteiger partial charge in [-0.1, -0.05) is 49.8 Å². The summed E-state index contributed by atoms with van der Waals surface area (Å²) < 4.78 is 0. The van der Waals surface area contributed by atoms with Crippen LogP contribution in [0.15, 0.2) is 24.3 Å². The Morgan fingerprint density at radius 3 is 2.76 bits per heavy atom. The molecule has 0 aliphatic heterocycles. The van der Waals surface area contributed by atoms with Crippen LogP contribution in [0.4, 0.5) is 0 Å². The number of thiocarbonyl (C=S) groups is 1. The predicted octanol–water partition coefficient (Wildman–Crippen LogP) is 3.08. The van der Waals surface area contributed by atoms with Crippen LogP contribution in [0.25, 0.3) is 0 Å². The van der Waals surface area contributed by atoms with Crippen LogP contribution in [0.1, 0.15) is 19.4 Å². The molecule has 1 aromatic rings. The van der Waals surface area contributed by atoms with Crippen LogP contribution in [0, 0.1) is 5.92 Å². The highest BCUT2D eigenvalue weighted by Gasteiger charge is 2.11. The lowest BCUT2D eigenvalue weighted by molar-refractivity contribution is 0.264. The molecule has 0 spiro atoms. The second-order valence-corrected chi connectivity index (χ2v) is 5.17.